The summed E-state index contributed by atoms with van der Waals surface area (Å²) in [5.74, 6) is 0.218. The Balaban J connectivity index is 1.69. The third-order valence-electron chi connectivity index (χ3n) is 5.89. The number of carbonyl (C=O) groups is 2. The average molecular weight is 469 g/mol. The summed E-state index contributed by atoms with van der Waals surface area (Å²) in [5, 5.41) is 8.62. The van der Waals surface area contributed by atoms with Crippen molar-refractivity contribution in [3.8, 4) is 11.1 Å². The van der Waals surface area contributed by atoms with E-state index in [-0.39, 0.29) is 11.8 Å². The number of nitrogens with two attached hydrogens (primary N) is 1. The fraction of sp³-hybridized carbons (Fsp3) is 0.522. The molecular formula is C23H32N8O3. The lowest BCUT2D eigenvalue weighted by Crippen LogP contribution is -2.54. The molecule has 2 N–H and O–H groups in total. The van der Waals surface area contributed by atoms with Crippen molar-refractivity contribution in [2.45, 2.75) is 51.2 Å². The van der Waals surface area contributed by atoms with E-state index >= 15 is 0 Å². The molecule has 3 aromatic rings. The molecule has 11 heteroatoms. The summed E-state index contributed by atoms with van der Waals surface area (Å²) < 4.78 is 8.94. The molecule has 0 radical (unpaired) electrons. The van der Waals surface area contributed by atoms with Gasteiger partial charge in [-0.3, -0.25) is 14.4 Å². The zero-order valence-electron chi connectivity index (χ0n) is 20.5. The number of fused-ring (bicyclic) bond motifs is 1. The average Bonchev–Trinajstić information content (AvgIpc) is 3.37. The number of aryl methyl sites for hydroxylation is 1. The van der Waals surface area contributed by atoms with Crippen molar-refractivity contribution in [3.05, 3.63) is 30.4 Å². The molecule has 0 saturated carbocycles. The van der Waals surface area contributed by atoms with Gasteiger partial charge in [-0.1, -0.05) is 0 Å². The molecule has 0 unspecified atom stereocenters. The van der Waals surface area contributed by atoms with Gasteiger partial charge in [0.15, 0.2) is 5.65 Å². The fourth-order valence-corrected chi connectivity index (χ4v) is 4.27. The number of likely N-dealkylation sites (N-methyl/N-ethyl adjacent to an activating group) is 1. The molecule has 11 nitrogen and oxygen atoms in total. The highest BCUT2D eigenvalue weighted by Gasteiger charge is 2.39. The van der Waals surface area contributed by atoms with E-state index < -0.39 is 17.7 Å². The van der Waals surface area contributed by atoms with E-state index in [2.05, 4.69) is 10.2 Å². The third kappa shape index (κ3) is 4.55. The number of hydrogen-bond acceptors (Lipinski definition) is 7. The van der Waals surface area contributed by atoms with Crippen molar-refractivity contribution in [2.24, 2.45) is 7.05 Å². The van der Waals surface area contributed by atoms with Crippen LogP contribution in [0.3, 0.4) is 0 Å². The standard InChI is InChI=1S/C23H32N8O3/c1-23(2,3)34-22(33)30-13-14(7-8-18(30)21(32)28(4)5)17-9-19(24)31-20(27-17)16(11-26-31)15-10-25-29(6)12-15/h9-12,14,18H,7-8,13,24H2,1-6H3/t14-,18-/m0/s1. The van der Waals surface area contributed by atoms with Gasteiger partial charge in [0.25, 0.3) is 0 Å². The van der Waals surface area contributed by atoms with E-state index in [4.69, 9.17) is 15.5 Å². The Morgan fingerprint density at radius 2 is 1.91 bits per heavy atom. The lowest BCUT2D eigenvalue weighted by Gasteiger charge is -2.40. The summed E-state index contributed by atoms with van der Waals surface area (Å²) in [6.45, 7) is 5.73. The number of rotatable bonds is 3. The van der Waals surface area contributed by atoms with Crippen LogP contribution in [0.1, 0.15) is 45.2 Å². The predicted molar refractivity (Wildman–Crippen MR) is 127 cm³/mol. The van der Waals surface area contributed by atoms with Gasteiger partial charge in [-0.2, -0.15) is 14.7 Å². The Morgan fingerprint density at radius 3 is 2.53 bits per heavy atom. The molecule has 0 aromatic carbocycles. The molecule has 4 heterocycles. The Hall–Kier alpha value is -3.63. The molecule has 1 fully saturated rings. The van der Waals surface area contributed by atoms with Gasteiger partial charge < -0.3 is 15.4 Å². The quantitative estimate of drug-likeness (QED) is 0.625. The van der Waals surface area contributed by atoms with Crippen molar-refractivity contribution in [1.29, 1.82) is 0 Å². The summed E-state index contributed by atoms with van der Waals surface area (Å²) in [6, 6.07) is 1.21. The molecule has 3 aromatic heterocycles. The SMILES string of the molecule is CN(C)C(=O)[C@@H]1CC[C@H](c2cc(N)n3ncc(-c4cnn(C)c4)c3n2)CN1C(=O)OC(C)(C)C. The first kappa shape index (κ1) is 23.5. The van der Waals surface area contributed by atoms with Gasteiger partial charge in [0.2, 0.25) is 5.91 Å². The Kier molecular flexibility index (Phi) is 5.96. The molecule has 1 aliphatic rings. The Morgan fingerprint density at radius 1 is 1.18 bits per heavy atom. The van der Waals surface area contributed by atoms with Gasteiger partial charge in [0, 0.05) is 57.0 Å². The van der Waals surface area contributed by atoms with Gasteiger partial charge in [0.1, 0.15) is 17.5 Å². The summed E-state index contributed by atoms with van der Waals surface area (Å²) >= 11 is 0. The summed E-state index contributed by atoms with van der Waals surface area (Å²) in [4.78, 5) is 33.8. The van der Waals surface area contributed by atoms with Crippen LogP contribution in [-0.4, -0.2) is 78.5 Å². The normalized spacial score (nSPS) is 18.8. The number of hydrogen-bond donors (Lipinski definition) is 1. The van der Waals surface area contributed by atoms with Gasteiger partial charge in [-0.25, -0.2) is 9.78 Å². The van der Waals surface area contributed by atoms with E-state index in [9.17, 15) is 9.59 Å². The van der Waals surface area contributed by atoms with Crippen LogP contribution in [0.25, 0.3) is 16.8 Å². The first-order valence-corrected chi connectivity index (χ1v) is 11.3. The second kappa shape index (κ2) is 8.62. The van der Waals surface area contributed by atoms with Crippen LogP contribution in [-0.2, 0) is 16.6 Å². The number of likely N-dealkylation sites (tertiary alicyclic amines) is 1. The summed E-state index contributed by atoms with van der Waals surface area (Å²) in [5.41, 5.74) is 8.73. The molecule has 4 rings (SSSR count). The van der Waals surface area contributed by atoms with Crippen molar-refractivity contribution in [3.63, 3.8) is 0 Å². The highest BCUT2D eigenvalue weighted by molar-refractivity contribution is 5.86. The van der Waals surface area contributed by atoms with E-state index in [1.165, 1.54) is 9.80 Å². The number of nitrogens with zero attached hydrogens (tertiary/aromatic N) is 7. The number of amides is 2. The Labute approximate surface area is 198 Å². The zero-order valence-corrected chi connectivity index (χ0v) is 20.5. The van der Waals surface area contributed by atoms with Crippen LogP contribution in [0.15, 0.2) is 24.7 Å². The molecule has 34 heavy (non-hydrogen) atoms. The van der Waals surface area contributed by atoms with Crippen LogP contribution in [0.5, 0.6) is 0 Å². The minimum Gasteiger partial charge on any atom is -0.444 e. The van der Waals surface area contributed by atoms with Gasteiger partial charge >= 0.3 is 6.09 Å². The van der Waals surface area contributed by atoms with Crippen LogP contribution in [0.2, 0.25) is 0 Å². The van der Waals surface area contributed by atoms with E-state index in [1.54, 1.807) is 41.8 Å². The zero-order chi connectivity index (χ0) is 24.8. The predicted octanol–water partition coefficient (Wildman–Crippen LogP) is 2.28. The fourth-order valence-electron chi connectivity index (χ4n) is 4.27. The number of piperidine rings is 1. The summed E-state index contributed by atoms with van der Waals surface area (Å²) in [6.07, 6.45) is 6.05. The van der Waals surface area contributed by atoms with Crippen molar-refractivity contribution >= 4 is 23.5 Å². The number of nitrogen functional groups attached to an aromatic ring is 1. The van der Waals surface area contributed by atoms with Crippen molar-refractivity contribution < 1.29 is 14.3 Å². The first-order chi connectivity index (χ1) is 15.9. The summed E-state index contributed by atoms with van der Waals surface area (Å²) in [7, 11) is 5.23. The van der Waals surface area contributed by atoms with Gasteiger partial charge in [0.05, 0.1) is 18.1 Å². The number of ether oxygens (including phenoxy) is 1. The maximum Gasteiger partial charge on any atom is 0.410 e. The molecule has 2 atom stereocenters. The number of aromatic nitrogens is 5. The smallest absolute Gasteiger partial charge is 0.410 e. The first-order valence-electron chi connectivity index (χ1n) is 11.3. The number of carbonyl (C=O) groups excluding carboxylic acids is 2. The second-order valence-electron chi connectivity index (χ2n) is 9.96. The monoisotopic (exact) mass is 468 g/mol. The van der Waals surface area contributed by atoms with Crippen LogP contribution < -0.4 is 5.73 Å². The van der Waals surface area contributed by atoms with Crippen LogP contribution >= 0.6 is 0 Å². The molecule has 2 amide bonds. The van der Waals surface area contributed by atoms with Crippen molar-refractivity contribution in [1.82, 2.24) is 34.2 Å². The minimum absolute atomic E-state index is 0.109. The molecule has 0 aliphatic carbocycles. The van der Waals surface area contributed by atoms with E-state index in [0.717, 1.165) is 16.8 Å². The Bertz CT molecular complexity index is 1220. The lowest BCUT2D eigenvalue weighted by molar-refractivity contribution is -0.135. The van der Waals surface area contributed by atoms with Crippen LogP contribution in [0.4, 0.5) is 10.6 Å². The lowest BCUT2D eigenvalue weighted by atomic mass is 9.89. The van der Waals surface area contributed by atoms with E-state index in [0.29, 0.717) is 30.9 Å². The highest BCUT2D eigenvalue weighted by Crippen LogP contribution is 2.33. The third-order valence-corrected chi connectivity index (χ3v) is 5.89. The molecule has 0 bridgehead atoms. The van der Waals surface area contributed by atoms with E-state index in [1.807, 2.05) is 34.0 Å². The molecule has 1 aliphatic heterocycles. The molecule has 1 saturated heterocycles. The molecule has 182 valence electrons. The highest BCUT2D eigenvalue weighted by atomic mass is 16.6. The maximum atomic E-state index is 13.1. The topological polar surface area (TPSA) is 124 Å². The number of anilines is 1. The minimum atomic E-state index is -0.673. The van der Waals surface area contributed by atoms with Gasteiger partial charge in [-0.15, -0.1) is 0 Å². The largest absolute Gasteiger partial charge is 0.444 e. The van der Waals surface area contributed by atoms with Gasteiger partial charge in [-0.05, 0) is 33.6 Å². The second-order valence-corrected chi connectivity index (χ2v) is 9.96. The molecule has 0 spiro atoms. The van der Waals surface area contributed by atoms with Crippen molar-refractivity contribution in [2.75, 3.05) is 26.4 Å². The maximum absolute atomic E-state index is 13.1. The van der Waals surface area contributed by atoms with Crippen LogP contribution in [0, 0.1) is 0 Å². The molecular weight excluding hydrogens is 436 g/mol.